The number of phenolic OH excluding ortho intramolecular Hbond substituents is 1. The Hall–Kier alpha value is -1.33. The molecule has 0 aliphatic heterocycles. The number of aromatic hydroxyl groups is 1. The second-order valence-corrected chi connectivity index (χ2v) is 2.68. The average molecular weight is 212 g/mol. The molecule has 1 nitrogen and oxygen atoms in total. The van der Waals surface area contributed by atoms with E-state index in [9.17, 15) is 22.0 Å². The van der Waals surface area contributed by atoms with E-state index >= 15 is 0 Å². The maximum Gasteiger partial charge on any atom is 0.393 e. The van der Waals surface area contributed by atoms with Crippen molar-refractivity contribution >= 4 is 0 Å². The van der Waals surface area contributed by atoms with Crippen LogP contribution in [0.1, 0.15) is 5.56 Å². The Morgan fingerprint density at radius 3 is 1.86 bits per heavy atom. The quantitative estimate of drug-likeness (QED) is 0.709. The van der Waals surface area contributed by atoms with Gasteiger partial charge >= 0.3 is 6.18 Å². The first-order chi connectivity index (χ1) is 6.29. The lowest BCUT2D eigenvalue weighted by Gasteiger charge is -2.08. The van der Waals surface area contributed by atoms with E-state index in [0.29, 0.717) is 12.1 Å². The van der Waals surface area contributed by atoms with E-state index in [4.69, 9.17) is 5.11 Å². The third-order valence-electron chi connectivity index (χ3n) is 1.50. The number of alkyl halides is 3. The number of phenols is 1. The Labute approximate surface area is 75.8 Å². The van der Waals surface area contributed by atoms with Crippen molar-refractivity contribution in [1.82, 2.24) is 0 Å². The van der Waals surface area contributed by atoms with Gasteiger partial charge in [-0.3, -0.25) is 0 Å². The van der Waals surface area contributed by atoms with Gasteiger partial charge in [-0.2, -0.15) is 13.2 Å². The smallest absolute Gasteiger partial charge is 0.393 e. The maximum atomic E-state index is 12.7. The number of rotatable bonds is 1. The van der Waals surface area contributed by atoms with Crippen molar-refractivity contribution in [3.63, 3.8) is 0 Å². The minimum atomic E-state index is -4.68. The summed E-state index contributed by atoms with van der Waals surface area (Å²) in [6.07, 6.45) is -6.37. The van der Waals surface area contributed by atoms with Crippen LogP contribution >= 0.6 is 0 Å². The molecule has 1 rings (SSSR count). The number of benzene rings is 1. The topological polar surface area (TPSA) is 20.2 Å². The molecule has 14 heavy (non-hydrogen) atoms. The monoisotopic (exact) mass is 212 g/mol. The van der Waals surface area contributed by atoms with E-state index in [-0.39, 0.29) is 0 Å². The van der Waals surface area contributed by atoms with Gasteiger partial charge in [0.05, 0.1) is 6.42 Å². The minimum Gasteiger partial charge on any atom is -0.508 e. The highest BCUT2D eigenvalue weighted by atomic mass is 19.4. The molecule has 0 saturated heterocycles. The zero-order valence-corrected chi connectivity index (χ0v) is 6.70. The second kappa shape index (κ2) is 3.43. The van der Waals surface area contributed by atoms with Crippen LogP contribution in [-0.2, 0) is 6.42 Å². The normalized spacial score (nSPS) is 11.8. The molecule has 0 amide bonds. The first-order valence-electron chi connectivity index (χ1n) is 3.53. The highest BCUT2D eigenvalue weighted by Crippen LogP contribution is 2.27. The summed E-state index contributed by atoms with van der Waals surface area (Å²) in [5, 5.41) is 8.66. The summed E-state index contributed by atoms with van der Waals surface area (Å²) in [4.78, 5) is 0. The average Bonchev–Trinajstić information content (AvgIpc) is 1.95. The zero-order chi connectivity index (χ0) is 10.9. The molecule has 0 unspecified atom stereocenters. The molecule has 1 N–H and O–H groups in total. The fraction of sp³-hybridized carbons (Fsp3) is 0.250. The maximum absolute atomic E-state index is 12.7. The van der Waals surface area contributed by atoms with Crippen molar-refractivity contribution in [2.24, 2.45) is 0 Å². The lowest BCUT2D eigenvalue weighted by molar-refractivity contribution is -0.128. The van der Waals surface area contributed by atoms with Gasteiger partial charge in [0.25, 0.3) is 0 Å². The Bertz CT molecular complexity index is 321. The molecular weight excluding hydrogens is 207 g/mol. The molecule has 1 aromatic carbocycles. The van der Waals surface area contributed by atoms with Gasteiger partial charge in [0, 0.05) is 17.7 Å². The molecule has 0 radical (unpaired) electrons. The summed E-state index contributed by atoms with van der Waals surface area (Å²) in [7, 11) is 0. The number of halogens is 5. The molecule has 0 heterocycles. The van der Waals surface area contributed by atoms with Gasteiger partial charge in [-0.15, -0.1) is 0 Å². The highest BCUT2D eigenvalue weighted by molar-refractivity contribution is 5.29. The second-order valence-electron chi connectivity index (χ2n) is 2.68. The Balaban J connectivity index is 3.09. The van der Waals surface area contributed by atoms with Gasteiger partial charge in [-0.05, 0) is 0 Å². The van der Waals surface area contributed by atoms with Gasteiger partial charge in [0.2, 0.25) is 0 Å². The molecule has 0 saturated carbocycles. The van der Waals surface area contributed by atoms with Crippen molar-refractivity contribution in [2.75, 3.05) is 0 Å². The van der Waals surface area contributed by atoms with Crippen molar-refractivity contribution < 1.29 is 27.1 Å². The van der Waals surface area contributed by atoms with Crippen LogP contribution in [0.4, 0.5) is 22.0 Å². The van der Waals surface area contributed by atoms with Gasteiger partial charge in [0.1, 0.15) is 17.4 Å². The minimum absolute atomic E-state index is 0.435. The Morgan fingerprint density at radius 2 is 1.50 bits per heavy atom. The lowest BCUT2D eigenvalue weighted by atomic mass is 10.1. The van der Waals surface area contributed by atoms with E-state index in [1.54, 1.807) is 0 Å². The summed E-state index contributed by atoms with van der Waals surface area (Å²) >= 11 is 0. The van der Waals surface area contributed by atoms with Gasteiger partial charge in [-0.25, -0.2) is 8.78 Å². The molecule has 1 aromatic rings. The molecule has 0 fully saturated rings. The standard InChI is InChI=1S/C8H5F5O/c9-6-1-4(14)2-7(10)5(6)3-8(11,12)13/h1-2,14H,3H2. The third-order valence-corrected chi connectivity index (χ3v) is 1.50. The van der Waals surface area contributed by atoms with Crippen molar-refractivity contribution in [1.29, 1.82) is 0 Å². The molecule has 6 heteroatoms. The van der Waals surface area contributed by atoms with E-state index in [2.05, 4.69) is 0 Å². The molecule has 0 aromatic heterocycles. The van der Waals surface area contributed by atoms with Gasteiger partial charge in [-0.1, -0.05) is 0 Å². The van der Waals surface area contributed by atoms with Crippen LogP contribution in [0.5, 0.6) is 5.75 Å². The molecule has 0 aliphatic carbocycles. The fourth-order valence-corrected chi connectivity index (χ4v) is 0.959. The fourth-order valence-electron chi connectivity index (χ4n) is 0.959. The van der Waals surface area contributed by atoms with Gasteiger partial charge < -0.3 is 5.11 Å². The third kappa shape index (κ3) is 2.58. The van der Waals surface area contributed by atoms with E-state index in [1.165, 1.54) is 0 Å². The van der Waals surface area contributed by atoms with Gasteiger partial charge in [0.15, 0.2) is 0 Å². The summed E-state index contributed by atoms with van der Waals surface area (Å²) in [6, 6.07) is 0.869. The first-order valence-corrected chi connectivity index (χ1v) is 3.53. The summed E-state index contributed by atoms with van der Waals surface area (Å²) in [5.41, 5.74) is -1.09. The predicted octanol–water partition coefficient (Wildman–Crippen LogP) is 2.78. The molecule has 0 spiro atoms. The molecule has 0 atom stereocenters. The largest absolute Gasteiger partial charge is 0.508 e. The zero-order valence-electron chi connectivity index (χ0n) is 6.70. The first kappa shape index (κ1) is 10.7. The molecular formula is C8H5F5O. The van der Waals surface area contributed by atoms with Crippen LogP contribution in [0.3, 0.4) is 0 Å². The highest BCUT2D eigenvalue weighted by Gasteiger charge is 2.31. The van der Waals surface area contributed by atoms with Crippen molar-refractivity contribution in [2.45, 2.75) is 12.6 Å². The van der Waals surface area contributed by atoms with E-state index in [1.807, 2.05) is 0 Å². The van der Waals surface area contributed by atoms with Crippen molar-refractivity contribution in [3.05, 3.63) is 29.3 Å². The Morgan fingerprint density at radius 1 is 1.07 bits per heavy atom. The predicted molar refractivity (Wildman–Crippen MR) is 37.8 cm³/mol. The van der Waals surface area contributed by atoms with Crippen LogP contribution in [0.25, 0.3) is 0 Å². The van der Waals surface area contributed by atoms with Crippen LogP contribution < -0.4 is 0 Å². The van der Waals surface area contributed by atoms with Crippen LogP contribution in [-0.4, -0.2) is 11.3 Å². The van der Waals surface area contributed by atoms with Crippen LogP contribution in [0, 0.1) is 11.6 Å². The molecule has 78 valence electrons. The number of hydrogen-bond donors (Lipinski definition) is 1. The van der Waals surface area contributed by atoms with Crippen LogP contribution in [0.2, 0.25) is 0 Å². The molecule has 0 aliphatic rings. The summed E-state index contributed by atoms with van der Waals surface area (Å²) < 4.78 is 60.9. The summed E-state index contributed by atoms with van der Waals surface area (Å²) in [5.74, 6) is -3.55. The van der Waals surface area contributed by atoms with Crippen LogP contribution in [0.15, 0.2) is 12.1 Å². The Kier molecular flexibility index (Phi) is 2.64. The SMILES string of the molecule is Oc1cc(F)c(CC(F)(F)F)c(F)c1. The van der Waals surface area contributed by atoms with E-state index < -0.39 is 35.5 Å². The van der Waals surface area contributed by atoms with E-state index in [0.717, 1.165) is 0 Å². The van der Waals surface area contributed by atoms with Crippen molar-refractivity contribution in [3.8, 4) is 5.75 Å². The lowest BCUT2D eigenvalue weighted by Crippen LogP contribution is -2.14. The molecule has 0 bridgehead atoms. The number of hydrogen-bond acceptors (Lipinski definition) is 1. The summed E-state index contributed by atoms with van der Waals surface area (Å²) in [6.45, 7) is 0.